The van der Waals surface area contributed by atoms with E-state index >= 15 is 0 Å². The molecule has 1 aliphatic rings. The highest BCUT2D eigenvalue weighted by Gasteiger charge is 2.35. The molecule has 6 heteroatoms. The molecule has 1 saturated heterocycles. The van der Waals surface area contributed by atoms with E-state index in [9.17, 15) is 9.59 Å². The predicted octanol–water partition coefficient (Wildman–Crippen LogP) is 5.02. The fourth-order valence-corrected chi connectivity index (χ4v) is 3.19. The maximum absolute atomic E-state index is 12.8. The molecule has 144 valence electrons. The quantitative estimate of drug-likeness (QED) is 0.480. The number of carbonyl (C=O) groups excluding carboxylic acids is 2. The lowest BCUT2D eigenvalue weighted by Gasteiger charge is -2.12. The zero-order chi connectivity index (χ0) is 20.2. The minimum atomic E-state index is -0.522. The summed E-state index contributed by atoms with van der Waals surface area (Å²) < 4.78 is 5.92. The fraction of sp³-hybridized carbons (Fsp3) is 0.0435. The highest BCUT2D eigenvalue weighted by molar-refractivity contribution is 6.32. The van der Waals surface area contributed by atoms with Crippen molar-refractivity contribution < 1.29 is 14.3 Å². The molecule has 1 fully saturated rings. The fourth-order valence-electron chi connectivity index (χ4n) is 3.01. The van der Waals surface area contributed by atoms with Gasteiger partial charge in [0.2, 0.25) is 0 Å². The summed E-state index contributed by atoms with van der Waals surface area (Å²) in [5.74, 6) is 0.169. The SMILES string of the molecule is O=C1NC(=Cc2ccccc2OCc2ccccc2)C(=O)N1c1cccc(Cl)c1. The maximum atomic E-state index is 12.8. The van der Waals surface area contributed by atoms with E-state index in [1.807, 2.05) is 54.6 Å². The van der Waals surface area contributed by atoms with E-state index in [2.05, 4.69) is 5.32 Å². The number of halogens is 1. The third-order valence-electron chi connectivity index (χ3n) is 4.40. The van der Waals surface area contributed by atoms with Crippen molar-refractivity contribution in [2.45, 2.75) is 6.61 Å². The van der Waals surface area contributed by atoms with Crippen LogP contribution in [0.15, 0.2) is 84.6 Å². The number of benzene rings is 3. The van der Waals surface area contributed by atoms with Crippen molar-refractivity contribution >= 4 is 35.3 Å². The summed E-state index contributed by atoms with van der Waals surface area (Å²) in [5.41, 5.74) is 2.31. The van der Waals surface area contributed by atoms with Gasteiger partial charge >= 0.3 is 6.03 Å². The molecule has 0 bridgehead atoms. The monoisotopic (exact) mass is 404 g/mol. The molecular weight excluding hydrogens is 388 g/mol. The highest BCUT2D eigenvalue weighted by Crippen LogP contribution is 2.27. The summed E-state index contributed by atoms with van der Waals surface area (Å²) in [6, 6.07) is 23.2. The minimum Gasteiger partial charge on any atom is -0.488 e. The number of hydrogen-bond donors (Lipinski definition) is 1. The molecule has 0 atom stereocenters. The van der Waals surface area contributed by atoms with Crippen molar-refractivity contribution in [2.75, 3.05) is 4.90 Å². The Hall–Kier alpha value is -3.57. The summed E-state index contributed by atoms with van der Waals surface area (Å²) >= 11 is 5.99. The van der Waals surface area contributed by atoms with Crippen LogP contribution in [0.25, 0.3) is 6.08 Å². The Morgan fingerprint density at radius 2 is 1.69 bits per heavy atom. The van der Waals surface area contributed by atoms with Gasteiger partial charge in [-0.25, -0.2) is 9.69 Å². The van der Waals surface area contributed by atoms with Crippen molar-refractivity contribution in [1.29, 1.82) is 0 Å². The van der Waals surface area contributed by atoms with Gasteiger partial charge in [0, 0.05) is 10.6 Å². The molecule has 5 nitrogen and oxygen atoms in total. The Kier molecular flexibility index (Phi) is 5.31. The summed E-state index contributed by atoms with van der Waals surface area (Å²) in [5, 5.41) is 3.07. The number of para-hydroxylation sites is 1. The van der Waals surface area contributed by atoms with E-state index < -0.39 is 11.9 Å². The van der Waals surface area contributed by atoms with Gasteiger partial charge in [0.15, 0.2) is 0 Å². The normalized spacial score (nSPS) is 14.9. The maximum Gasteiger partial charge on any atom is 0.333 e. The molecule has 0 aliphatic carbocycles. The van der Waals surface area contributed by atoms with Crippen LogP contribution >= 0.6 is 11.6 Å². The number of imide groups is 1. The topological polar surface area (TPSA) is 58.6 Å². The van der Waals surface area contributed by atoms with Crippen LogP contribution in [0.5, 0.6) is 5.75 Å². The molecule has 3 amide bonds. The first-order valence-corrected chi connectivity index (χ1v) is 9.38. The average Bonchev–Trinajstić information content (AvgIpc) is 3.01. The summed E-state index contributed by atoms with van der Waals surface area (Å²) in [6.07, 6.45) is 1.62. The number of nitrogens with zero attached hydrogens (tertiary/aromatic N) is 1. The van der Waals surface area contributed by atoms with Crippen LogP contribution in [-0.2, 0) is 11.4 Å². The molecule has 0 spiro atoms. The number of anilines is 1. The molecule has 1 aliphatic heterocycles. The van der Waals surface area contributed by atoms with Crippen LogP contribution in [0.4, 0.5) is 10.5 Å². The number of rotatable bonds is 5. The lowest BCUT2D eigenvalue weighted by atomic mass is 10.1. The molecule has 1 N–H and O–H groups in total. The lowest BCUT2D eigenvalue weighted by Crippen LogP contribution is -2.30. The Labute approximate surface area is 173 Å². The number of carbonyl (C=O) groups is 2. The molecule has 0 radical (unpaired) electrons. The molecular formula is C23H17ClN2O3. The van der Waals surface area contributed by atoms with Crippen LogP contribution in [0.3, 0.4) is 0 Å². The van der Waals surface area contributed by atoms with Crippen LogP contribution in [0.2, 0.25) is 5.02 Å². The largest absolute Gasteiger partial charge is 0.488 e. The molecule has 29 heavy (non-hydrogen) atoms. The summed E-state index contributed by atoms with van der Waals surface area (Å²) in [7, 11) is 0. The third kappa shape index (κ3) is 4.15. The van der Waals surface area contributed by atoms with E-state index in [1.165, 1.54) is 0 Å². The van der Waals surface area contributed by atoms with Crippen molar-refractivity contribution in [3.05, 3.63) is 101 Å². The van der Waals surface area contributed by atoms with Gasteiger partial charge in [-0.05, 0) is 35.9 Å². The lowest BCUT2D eigenvalue weighted by molar-refractivity contribution is -0.113. The van der Waals surface area contributed by atoms with Gasteiger partial charge in [-0.2, -0.15) is 0 Å². The second kappa shape index (κ2) is 8.20. The van der Waals surface area contributed by atoms with Gasteiger partial charge in [-0.1, -0.05) is 66.2 Å². The number of urea groups is 1. The number of hydrogen-bond acceptors (Lipinski definition) is 3. The Morgan fingerprint density at radius 3 is 2.48 bits per heavy atom. The molecule has 1 heterocycles. The van der Waals surface area contributed by atoms with Crippen LogP contribution in [-0.4, -0.2) is 11.9 Å². The van der Waals surface area contributed by atoms with Crippen LogP contribution < -0.4 is 15.0 Å². The molecule has 3 aromatic rings. The van der Waals surface area contributed by atoms with Crippen molar-refractivity contribution in [3.63, 3.8) is 0 Å². The molecule has 0 saturated carbocycles. The standard InChI is InChI=1S/C23H17ClN2O3/c24-18-10-6-11-19(14-18)26-22(27)20(25-23(26)28)13-17-9-4-5-12-21(17)29-15-16-7-2-1-3-8-16/h1-14H,15H2,(H,25,28). The smallest absolute Gasteiger partial charge is 0.333 e. The Balaban J connectivity index is 1.58. The van der Waals surface area contributed by atoms with Crippen LogP contribution in [0.1, 0.15) is 11.1 Å². The second-order valence-corrected chi connectivity index (χ2v) is 6.86. The van der Waals surface area contributed by atoms with Crippen molar-refractivity contribution in [1.82, 2.24) is 5.32 Å². The Bertz CT molecular complexity index is 1100. The second-order valence-electron chi connectivity index (χ2n) is 6.42. The van der Waals surface area contributed by atoms with E-state index in [-0.39, 0.29) is 5.70 Å². The van der Waals surface area contributed by atoms with Crippen molar-refractivity contribution in [3.8, 4) is 5.75 Å². The molecule has 4 rings (SSSR count). The Morgan fingerprint density at radius 1 is 0.931 bits per heavy atom. The van der Waals surface area contributed by atoms with Gasteiger partial charge in [0.25, 0.3) is 5.91 Å². The first-order valence-electron chi connectivity index (χ1n) is 9.00. The number of ether oxygens (including phenoxy) is 1. The van der Waals surface area contributed by atoms with E-state index in [1.54, 1.807) is 30.3 Å². The van der Waals surface area contributed by atoms with Gasteiger partial charge in [0.1, 0.15) is 18.1 Å². The molecule has 0 unspecified atom stereocenters. The predicted molar refractivity (Wildman–Crippen MR) is 113 cm³/mol. The summed E-state index contributed by atoms with van der Waals surface area (Å²) in [6.45, 7) is 0.399. The van der Waals surface area contributed by atoms with E-state index in [0.717, 1.165) is 10.5 Å². The van der Waals surface area contributed by atoms with Gasteiger partial charge < -0.3 is 10.1 Å². The first kappa shape index (κ1) is 18.8. The third-order valence-corrected chi connectivity index (χ3v) is 4.64. The van der Waals surface area contributed by atoms with Gasteiger partial charge in [-0.3, -0.25) is 4.79 Å². The zero-order valence-electron chi connectivity index (χ0n) is 15.3. The average molecular weight is 405 g/mol. The minimum absolute atomic E-state index is 0.172. The van der Waals surface area contributed by atoms with E-state index in [0.29, 0.717) is 28.6 Å². The first-order chi connectivity index (χ1) is 14.1. The van der Waals surface area contributed by atoms with E-state index in [4.69, 9.17) is 16.3 Å². The van der Waals surface area contributed by atoms with Gasteiger partial charge in [-0.15, -0.1) is 0 Å². The summed E-state index contributed by atoms with van der Waals surface area (Å²) in [4.78, 5) is 26.2. The zero-order valence-corrected chi connectivity index (χ0v) is 16.1. The van der Waals surface area contributed by atoms with Gasteiger partial charge in [0.05, 0.1) is 5.69 Å². The molecule has 0 aromatic heterocycles. The van der Waals surface area contributed by atoms with Crippen molar-refractivity contribution in [2.24, 2.45) is 0 Å². The molecule has 3 aromatic carbocycles. The number of amides is 3. The number of nitrogens with one attached hydrogen (secondary N) is 1. The highest BCUT2D eigenvalue weighted by atomic mass is 35.5. The van der Waals surface area contributed by atoms with Crippen LogP contribution in [0, 0.1) is 0 Å².